The number of amides is 3. The van der Waals surface area contributed by atoms with Crippen LogP contribution in [0.25, 0.3) is 0 Å². The van der Waals surface area contributed by atoms with Crippen molar-refractivity contribution in [3.05, 3.63) is 41.9 Å². The van der Waals surface area contributed by atoms with E-state index in [2.05, 4.69) is 24.5 Å². The quantitative estimate of drug-likeness (QED) is 0.743. The fraction of sp³-hybridized carbons (Fsp3) is 0.455. The number of anilines is 1. The third-order valence-electron chi connectivity index (χ3n) is 5.46. The molecule has 0 saturated carbocycles. The van der Waals surface area contributed by atoms with Gasteiger partial charge in [0.25, 0.3) is 5.91 Å². The standard InChI is InChI=1S/C22H29N3O5/c1-14-6-5-7-15(2)25(14)21(26)17-10-19(28-3)20(29-4)11-18(17)24-22(27)23-12-16-8-9-30-13-16/h8-11,13-15H,5-7,12H2,1-4H3,(H2,23,24,27)/t14-,15+. The van der Waals surface area contributed by atoms with E-state index in [9.17, 15) is 9.59 Å². The Morgan fingerprint density at radius 2 is 1.80 bits per heavy atom. The highest BCUT2D eigenvalue weighted by atomic mass is 16.5. The van der Waals surface area contributed by atoms with E-state index >= 15 is 0 Å². The molecule has 1 fully saturated rings. The highest BCUT2D eigenvalue weighted by Crippen LogP contribution is 2.35. The first kappa shape index (κ1) is 21.5. The molecule has 2 heterocycles. The summed E-state index contributed by atoms with van der Waals surface area (Å²) in [6.45, 7) is 4.41. The Morgan fingerprint density at radius 1 is 1.13 bits per heavy atom. The van der Waals surface area contributed by atoms with Crippen molar-refractivity contribution in [2.45, 2.75) is 51.7 Å². The zero-order chi connectivity index (χ0) is 21.7. The summed E-state index contributed by atoms with van der Waals surface area (Å²) < 4.78 is 15.8. The molecule has 0 bridgehead atoms. The van der Waals surface area contributed by atoms with Gasteiger partial charge in [-0.25, -0.2) is 4.79 Å². The summed E-state index contributed by atoms with van der Waals surface area (Å²) >= 11 is 0. The molecule has 2 aromatic rings. The van der Waals surface area contributed by atoms with E-state index in [1.807, 2.05) is 4.90 Å². The maximum Gasteiger partial charge on any atom is 0.319 e. The van der Waals surface area contributed by atoms with Gasteiger partial charge >= 0.3 is 6.03 Å². The summed E-state index contributed by atoms with van der Waals surface area (Å²) in [6.07, 6.45) is 6.11. The lowest BCUT2D eigenvalue weighted by Gasteiger charge is -2.39. The van der Waals surface area contributed by atoms with Gasteiger partial charge in [0.1, 0.15) is 0 Å². The number of methoxy groups -OCH3 is 2. The number of hydrogen-bond acceptors (Lipinski definition) is 5. The van der Waals surface area contributed by atoms with Gasteiger partial charge in [-0.2, -0.15) is 0 Å². The van der Waals surface area contributed by atoms with Crippen molar-refractivity contribution in [3.8, 4) is 11.5 Å². The van der Waals surface area contributed by atoms with E-state index < -0.39 is 6.03 Å². The Balaban J connectivity index is 1.88. The Hall–Kier alpha value is -3.16. The molecule has 0 spiro atoms. The Morgan fingerprint density at radius 3 is 2.40 bits per heavy atom. The van der Waals surface area contributed by atoms with Crippen LogP contribution in [0.1, 0.15) is 49.0 Å². The lowest BCUT2D eigenvalue weighted by atomic mass is 9.96. The lowest BCUT2D eigenvalue weighted by Crippen LogP contribution is -2.47. The average Bonchev–Trinajstić information content (AvgIpc) is 3.25. The summed E-state index contributed by atoms with van der Waals surface area (Å²) in [5, 5.41) is 5.54. The summed E-state index contributed by atoms with van der Waals surface area (Å²) in [7, 11) is 3.03. The minimum absolute atomic E-state index is 0.122. The molecule has 0 unspecified atom stereocenters. The number of carbonyl (C=O) groups is 2. The number of nitrogens with one attached hydrogen (secondary N) is 2. The first-order valence-corrected chi connectivity index (χ1v) is 10.1. The molecule has 162 valence electrons. The van der Waals surface area contributed by atoms with Gasteiger partial charge in [-0.15, -0.1) is 0 Å². The Kier molecular flexibility index (Phi) is 6.87. The van der Waals surface area contributed by atoms with Gasteiger partial charge in [-0.3, -0.25) is 4.79 Å². The monoisotopic (exact) mass is 415 g/mol. The van der Waals surface area contributed by atoms with E-state index in [-0.39, 0.29) is 18.0 Å². The number of rotatable bonds is 6. The molecule has 8 nitrogen and oxygen atoms in total. The number of urea groups is 1. The van der Waals surface area contributed by atoms with Crippen LogP contribution in [0.15, 0.2) is 35.1 Å². The zero-order valence-electron chi connectivity index (χ0n) is 17.9. The van der Waals surface area contributed by atoms with Crippen LogP contribution in [-0.4, -0.2) is 43.1 Å². The van der Waals surface area contributed by atoms with Gasteiger partial charge in [-0.05, 0) is 45.2 Å². The summed E-state index contributed by atoms with van der Waals surface area (Å²) in [5.41, 5.74) is 1.57. The second-order valence-electron chi connectivity index (χ2n) is 7.53. The van der Waals surface area contributed by atoms with Gasteiger partial charge in [0, 0.05) is 30.3 Å². The van der Waals surface area contributed by atoms with Crippen molar-refractivity contribution in [2.75, 3.05) is 19.5 Å². The number of ether oxygens (including phenoxy) is 2. The Bertz CT molecular complexity index is 871. The van der Waals surface area contributed by atoms with Crippen molar-refractivity contribution >= 4 is 17.6 Å². The van der Waals surface area contributed by atoms with Crippen LogP contribution < -0.4 is 20.1 Å². The fourth-order valence-corrected chi connectivity index (χ4v) is 3.86. The normalized spacial score (nSPS) is 18.6. The van der Waals surface area contributed by atoms with Crippen LogP contribution in [0.5, 0.6) is 11.5 Å². The Labute approximate surface area is 176 Å². The van der Waals surface area contributed by atoms with E-state index in [1.165, 1.54) is 14.2 Å². The molecular weight excluding hydrogens is 386 g/mol. The molecule has 1 saturated heterocycles. The first-order chi connectivity index (χ1) is 14.4. The molecule has 0 aliphatic carbocycles. The minimum atomic E-state index is -0.433. The van der Waals surface area contributed by atoms with Crippen LogP contribution in [0.3, 0.4) is 0 Å². The number of benzene rings is 1. The number of furan rings is 1. The van der Waals surface area contributed by atoms with Gasteiger partial charge in [-0.1, -0.05) is 0 Å². The number of piperidine rings is 1. The van der Waals surface area contributed by atoms with Gasteiger partial charge in [0.05, 0.1) is 38.0 Å². The molecule has 1 aliphatic rings. The largest absolute Gasteiger partial charge is 0.493 e. The molecule has 30 heavy (non-hydrogen) atoms. The van der Waals surface area contributed by atoms with Crippen LogP contribution in [-0.2, 0) is 6.54 Å². The smallest absolute Gasteiger partial charge is 0.319 e. The SMILES string of the molecule is COc1cc(NC(=O)NCc2ccoc2)c(C(=O)N2[C@H](C)CCC[C@@H]2C)cc1OC. The van der Waals surface area contributed by atoms with Gasteiger partial charge < -0.3 is 29.4 Å². The third kappa shape index (κ3) is 4.69. The van der Waals surface area contributed by atoms with Crippen LogP contribution in [0, 0.1) is 0 Å². The molecule has 8 heteroatoms. The summed E-state index contributed by atoms with van der Waals surface area (Å²) in [4.78, 5) is 27.9. The van der Waals surface area contributed by atoms with Crippen LogP contribution in [0.2, 0.25) is 0 Å². The molecule has 2 N–H and O–H groups in total. The molecule has 3 rings (SSSR count). The zero-order valence-corrected chi connectivity index (χ0v) is 17.9. The topological polar surface area (TPSA) is 93.0 Å². The number of carbonyl (C=O) groups excluding carboxylic acids is 2. The second kappa shape index (κ2) is 9.56. The molecule has 0 radical (unpaired) electrons. The van der Waals surface area contributed by atoms with Crippen molar-refractivity contribution in [3.63, 3.8) is 0 Å². The highest BCUT2D eigenvalue weighted by Gasteiger charge is 2.32. The average molecular weight is 415 g/mol. The predicted molar refractivity (Wildman–Crippen MR) is 113 cm³/mol. The molecule has 3 amide bonds. The van der Waals surface area contributed by atoms with Crippen molar-refractivity contribution < 1.29 is 23.5 Å². The fourth-order valence-electron chi connectivity index (χ4n) is 3.86. The maximum atomic E-state index is 13.5. The van der Waals surface area contributed by atoms with Gasteiger partial charge in [0.2, 0.25) is 0 Å². The molecule has 1 aliphatic heterocycles. The second-order valence-corrected chi connectivity index (χ2v) is 7.53. The first-order valence-electron chi connectivity index (χ1n) is 10.1. The molecule has 2 atom stereocenters. The van der Waals surface area contributed by atoms with Gasteiger partial charge in [0.15, 0.2) is 11.5 Å². The van der Waals surface area contributed by atoms with E-state index in [0.717, 1.165) is 24.8 Å². The van der Waals surface area contributed by atoms with Crippen LogP contribution >= 0.6 is 0 Å². The van der Waals surface area contributed by atoms with E-state index in [4.69, 9.17) is 13.9 Å². The molecule has 1 aromatic heterocycles. The van der Waals surface area contributed by atoms with Crippen molar-refractivity contribution in [1.82, 2.24) is 10.2 Å². The highest BCUT2D eigenvalue weighted by molar-refractivity contribution is 6.04. The van der Waals surface area contributed by atoms with Crippen molar-refractivity contribution in [2.24, 2.45) is 0 Å². The summed E-state index contributed by atoms with van der Waals surface area (Å²) in [5.74, 6) is 0.724. The number of nitrogens with zero attached hydrogens (tertiary/aromatic N) is 1. The van der Waals surface area contributed by atoms with E-state index in [0.29, 0.717) is 29.3 Å². The minimum Gasteiger partial charge on any atom is -0.493 e. The van der Waals surface area contributed by atoms with Crippen LogP contribution in [0.4, 0.5) is 10.5 Å². The maximum absolute atomic E-state index is 13.5. The predicted octanol–water partition coefficient (Wildman–Crippen LogP) is 4.02. The number of hydrogen-bond donors (Lipinski definition) is 2. The molecule has 1 aromatic carbocycles. The van der Waals surface area contributed by atoms with Crippen molar-refractivity contribution in [1.29, 1.82) is 0 Å². The third-order valence-corrected chi connectivity index (χ3v) is 5.46. The number of likely N-dealkylation sites (tertiary alicyclic amines) is 1. The lowest BCUT2D eigenvalue weighted by molar-refractivity contribution is 0.0511. The molecular formula is C22H29N3O5. The van der Waals surface area contributed by atoms with E-state index in [1.54, 1.807) is 30.7 Å². The summed E-state index contributed by atoms with van der Waals surface area (Å²) in [6, 6.07) is 4.82.